The van der Waals surface area contributed by atoms with Gasteiger partial charge in [0.1, 0.15) is 0 Å². The number of aromatic nitrogens is 2. The SMILES string of the molecule is C.O=C(NCc1ccc(NC2=NCCN2)cc1)c1ccc(-c2ncccn2)cc1. The Balaban J connectivity index is 0.00000240. The van der Waals surface area contributed by atoms with Crippen molar-refractivity contribution in [3.63, 3.8) is 0 Å². The molecule has 0 saturated heterocycles. The minimum absolute atomic E-state index is 0. The highest BCUT2D eigenvalue weighted by molar-refractivity contribution is 5.95. The molecule has 29 heavy (non-hydrogen) atoms. The molecular weight excluding hydrogens is 364 g/mol. The summed E-state index contributed by atoms with van der Waals surface area (Å²) in [5.41, 5.74) is 3.46. The Bertz CT molecular complexity index is 968. The molecule has 2 aromatic carbocycles. The second-order valence-corrected chi connectivity index (χ2v) is 6.31. The van der Waals surface area contributed by atoms with E-state index in [2.05, 4.69) is 30.9 Å². The first-order chi connectivity index (χ1) is 13.8. The zero-order valence-electron chi connectivity index (χ0n) is 15.2. The number of benzene rings is 2. The molecule has 3 aromatic rings. The molecule has 4 rings (SSSR count). The van der Waals surface area contributed by atoms with Gasteiger partial charge in [-0.25, -0.2) is 9.97 Å². The minimum Gasteiger partial charge on any atom is -0.354 e. The number of hydrogen-bond donors (Lipinski definition) is 3. The molecule has 0 spiro atoms. The van der Waals surface area contributed by atoms with E-state index in [0.29, 0.717) is 17.9 Å². The van der Waals surface area contributed by atoms with Gasteiger partial charge < -0.3 is 16.0 Å². The lowest BCUT2D eigenvalue weighted by atomic mass is 10.1. The van der Waals surface area contributed by atoms with Crippen molar-refractivity contribution in [2.45, 2.75) is 14.0 Å². The maximum absolute atomic E-state index is 12.4. The predicted molar refractivity (Wildman–Crippen MR) is 116 cm³/mol. The molecule has 148 valence electrons. The van der Waals surface area contributed by atoms with Crippen LogP contribution in [-0.4, -0.2) is 34.9 Å². The zero-order chi connectivity index (χ0) is 19.2. The first-order valence-corrected chi connectivity index (χ1v) is 9.08. The van der Waals surface area contributed by atoms with Crippen LogP contribution in [0.4, 0.5) is 5.69 Å². The second-order valence-electron chi connectivity index (χ2n) is 6.31. The van der Waals surface area contributed by atoms with E-state index in [1.165, 1.54) is 0 Å². The molecule has 0 saturated carbocycles. The van der Waals surface area contributed by atoms with Crippen LogP contribution in [0.2, 0.25) is 0 Å². The van der Waals surface area contributed by atoms with Gasteiger partial charge in [0.05, 0.1) is 6.54 Å². The Labute approximate surface area is 170 Å². The van der Waals surface area contributed by atoms with Gasteiger partial charge in [0.2, 0.25) is 0 Å². The van der Waals surface area contributed by atoms with Gasteiger partial charge in [-0.1, -0.05) is 31.7 Å². The van der Waals surface area contributed by atoms with Gasteiger partial charge >= 0.3 is 0 Å². The number of amides is 1. The summed E-state index contributed by atoms with van der Waals surface area (Å²) in [7, 11) is 0. The fraction of sp³-hybridized carbons (Fsp3) is 0.182. The Morgan fingerprint density at radius 2 is 1.72 bits per heavy atom. The summed E-state index contributed by atoms with van der Waals surface area (Å²) < 4.78 is 0. The fourth-order valence-corrected chi connectivity index (χ4v) is 2.83. The molecule has 7 heteroatoms. The van der Waals surface area contributed by atoms with Gasteiger partial charge in [0.25, 0.3) is 5.91 Å². The molecule has 1 aliphatic heterocycles. The number of anilines is 1. The van der Waals surface area contributed by atoms with Crippen LogP contribution in [0.5, 0.6) is 0 Å². The highest BCUT2D eigenvalue weighted by Crippen LogP contribution is 2.15. The molecule has 1 amide bonds. The van der Waals surface area contributed by atoms with E-state index in [9.17, 15) is 4.79 Å². The van der Waals surface area contributed by atoms with Gasteiger partial charge in [-0.05, 0) is 35.9 Å². The van der Waals surface area contributed by atoms with Crippen molar-refractivity contribution in [3.8, 4) is 11.4 Å². The summed E-state index contributed by atoms with van der Waals surface area (Å²) in [5.74, 6) is 1.32. The van der Waals surface area contributed by atoms with Crippen LogP contribution in [0.3, 0.4) is 0 Å². The van der Waals surface area contributed by atoms with Crippen LogP contribution in [0.1, 0.15) is 23.3 Å². The van der Waals surface area contributed by atoms with E-state index in [-0.39, 0.29) is 13.3 Å². The molecule has 2 heterocycles. The van der Waals surface area contributed by atoms with Crippen molar-refractivity contribution in [1.29, 1.82) is 0 Å². The number of hydrogen-bond acceptors (Lipinski definition) is 6. The van der Waals surface area contributed by atoms with E-state index in [1.807, 2.05) is 36.4 Å². The lowest BCUT2D eigenvalue weighted by Crippen LogP contribution is -2.26. The highest BCUT2D eigenvalue weighted by atomic mass is 16.1. The molecule has 0 aliphatic carbocycles. The first kappa shape index (κ1) is 20.0. The number of nitrogens with zero attached hydrogens (tertiary/aromatic N) is 3. The summed E-state index contributed by atoms with van der Waals surface area (Å²) in [6, 6.07) is 16.9. The van der Waals surface area contributed by atoms with Crippen molar-refractivity contribution in [2.75, 3.05) is 18.4 Å². The third-order valence-electron chi connectivity index (χ3n) is 4.31. The Hall–Kier alpha value is -3.74. The number of guanidine groups is 1. The lowest BCUT2D eigenvalue weighted by Gasteiger charge is -2.09. The van der Waals surface area contributed by atoms with Crippen molar-refractivity contribution < 1.29 is 4.79 Å². The maximum atomic E-state index is 12.4. The second kappa shape index (κ2) is 9.45. The monoisotopic (exact) mass is 388 g/mol. The summed E-state index contributed by atoms with van der Waals surface area (Å²) in [6.45, 7) is 2.12. The number of nitrogens with one attached hydrogen (secondary N) is 3. The Morgan fingerprint density at radius 3 is 2.38 bits per heavy atom. The molecule has 0 bridgehead atoms. The van der Waals surface area contributed by atoms with Gasteiger partial charge in [0, 0.05) is 42.3 Å². The summed E-state index contributed by atoms with van der Waals surface area (Å²) in [5, 5.41) is 9.33. The van der Waals surface area contributed by atoms with Crippen LogP contribution in [0.15, 0.2) is 72.0 Å². The molecule has 0 radical (unpaired) electrons. The normalized spacial score (nSPS) is 12.3. The van der Waals surface area contributed by atoms with Crippen molar-refractivity contribution in [3.05, 3.63) is 78.1 Å². The molecule has 0 fully saturated rings. The van der Waals surface area contributed by atoms with E-state index in [1.54, 1.807) is 30.6 Å². The molecule has 0 unspecified atom stereocenters. The van der Waals surface area contributed by atoms with Crippen LogP contribution >= 0.6 is 0 Å². The zero-order valence-corrected chi connectivity index (χ0v) is 15.2. The van der Waals surface area contributed by atoms with E-state index < -0.39 is 0 Å². The molecule has 1 aromatic heterocycles. The lowest BCUT2D eigenvalue weighted by molar-refractivity contribution is 0.0951. The van der Waals surface area contributed by atoms with Gasteiger partial charge in [-0.2, -0.15) is 0 Å². The van der Waals surface area contributed by atoms with Crippen LogP contribution in [0, 0.1) is 0 Å². The maximum Gasteiger partial charge on any atom is 0.251 e. The van der Waals surface area contributed by atoms with Crippen molar-refractivity contribution >= 4 is 17.6 Å². The summed E-state index contributed by atoms with van der Waals surface area (Å²) in [4.78, 5) is 25.1. The third-order valence-corrected chi connectivity index (χ3v) is 4.31. The summed E-state index contributed by atoms with van der Waals surface area (Å²) in [6.07, 6.45) is 3.39. The van der Waals surface area contributed by atoms with Crippen LogP contribution in [0.25, 0.3) is 11.4 Å². The van der Waals surface area contributed by atoms with Gasteiger partial charge in [-0.3, -0.25) is 9.79 Å². The highest BCUT2D eigenvalue weighted by Gasteiger charge is 2.08. The Kier molecular flexibility index (Phi) is 6.52. The number of carbonyl (C=O) groups excluding carboxylic acids is 1. The number of carbonyl (C=O) groups is 1. The van der Waals surface area contributed by atoms with Crippen molar-refractivity contribution in [1.82, 2.24) is 20.6 Å². The average molecular weight is 388 g/mol. The summed E-state index contributed by atoms with van der Waals surface area (Å²) >= 11 is 0. The number of rotatable bonds is 5. The Morgan fingerprint density at radius 1 is 1.00 bits per heavy atom. The van der Waals surface area contributed by atoms with E-state index in [4.69, 9.17) is 0 Å². The smallest absolute Gasteiger partial charge is 0.251 e. The van der Waals surface area contributed by atoms with E-state index >= 15 is 0 Å². The van der Waals surface area contributed by atoms with Gasteiger partial charge in [-0.15, -0.1) is 0 Å². The van der Waals surface area contributed by atoms with Gasteiger partial charge in [0.15, 0.2) is 11.8 Å². The molecule has 7 nitrogen and oxygen atoms in total. The fourth-order valence-electron chi connectivity index (χ4n) is 2.83. The largest absolute Gasteiger partial charge is 0.354 e. The molecular formula is C22H24N6O. The molecule has 1 aliphatic rings. The van der Waals surface area contributed by atoms with Crippen LogP contribution in [-0.2, 0) is 6.54 Å². The third kappa shape index (κ3) is 5.16. The van der Waals surface area contributed by atoms with Crippen LogP contribution < -0.4 is 16.0 Å². The molecule has 3 N–H and O–H groups in total. The topological polar surface area (TPSA) is 91.3 Å². The number of aliphatic imine (C=N–C) groups is 1. The minimum atomic E-state index is -0.118. The quantitative estimate of drug-likeness (QED) is 0.625. The molecule has 0 atom stereocenters. The van der Waals surface area contributed by atoms with Crippen molar-refractivity contribution in [2.24, 2.45) is 4.99 Å². The standard InChI is InChI=1S/C21H20N6O.CH4/c28-20(17-6-4-16(5-7-17)19-22-10-1-11-23-19)26-14-15-2-8-18(9-3-15)27-21-24-12-13-25-21;/h1-11H,12-14H2,(H,26,28)(H2,24,25,27);1H4. The predicted octanol–water partition coefficient (Wildman–Crippen LogP) is 3.08. The average Bonchev–Trinajstić information content (AvgIpc) is 3.27. The first-order valence-electron chi connectivity index (χ1n) is 9.08. The van der Waals surface area contributed by atoms with E-state index in [0.717, 1.165) is 35.9 Å².